The monoisotopic (exact) mass is 264 g/mol. The van der Waals surface area contributed by atoms with Crippen molar-refractivity contribution in [1.29, 1.82) is 0 Å². The number of nitrogens with two attached hydrogens (primary N) is 1. The maximum absolute atomic E-state index is 5.66. The van der Waals surface area contributed by atoms with E-state index in [4.69, 9.17) is 5.73 Å². The average Bonchev–Trinajstić information content (AvgIpc) is 2.34. The number of hydrogen-bond acceptors (Lipinski definition) is 2. The molecule has 2 nitrogen and oxygen atoms in total. The molecule has 0 atom stereocenters. The van der Waals surface area contributed by atoms with E-state index in [2.05, 4.69) is 48.5 Å². The molecule has 19 heavy (non-hydrogen) atoms. The van der Waals surface area contributed by atoms with Gasteiger partial charge in [0.1, 0.15) is 0 Å². The van der Waals surface area contributed by atoms with Gasteiger partial charge in [-0.1, -0.05) is 35.2 Å². The lowest BCUT2D eigenvalue weighted by Gasteiger charge is -2.01. The lowest BCUT2D eigenvalue weighted by atomic mass is 10.1. The van der Waals surface area contributed by atoms with Gasteiger partial charge in [0.15, 0.2) is 9.52 Å². The van der Waals surface area contributed by atoms with Gasteiger partial charge in [0.05, 0.1) is 5.69 Å². The molecule has 0 aliphatic rings. The molecule has 0 spiro atoms. The quantitative estimate of drug-likeness (QED) is 0.668. The third kappa shape index (κ3) is 4.27. The highest BCUT2D eigenvalue weighted by atomic mass is 28.2. The molecule has 0 fully saturated rings. The van der Waals surface area contributed by atoms with Crippen LogP contribution in [0.25, 0.3) is 0 Å². The van der Waals surface area contributed by atoms with E-state index in [9.17, 15) is 0 Å². The Hall–Kier alpha value is -2.05. The molecule has 2 aromatic rings. The summed E-state index contributed by atoms with van der Waals surface area (Å²) < 4.78 is 0. The predicted molar refractivity (Wildman–Crippen MR) is 80.9 cm³/mol. The largest absolute Gasteiger partial charge is 0.397 e. The standard InChI is InChI=1S/C16H16N2Si/c1-12-5-13(2)7-15(6-12)11-19-4-3-14-8-16(17)10-18-9-14/h5-10H,11,17H2,1-2H3. The topological polar surface area (TPSA) is 38.9 Å². The SMILES string of the molecule is Cc1cc(C)cc(C[Si]C#Cc2cncc(N)c2)c1. The van der Waals surface area contributed by atoms with Crippen LogP contribution in [-0.2, 0) is 6.04 Å². The van der Waals surface area contributed by atoms with Crippen molar-refractivity contribution >= 4 is 15.2 Å². The molecule has 0 unspecified atom stereocenters. The van der Waals surface area contributed by atoms with Crippen molar-refractivity contribution in [1.82, 2.24) is 4.98 Å². The maximum atomic E-state index is 5.66. The van der Waals surface area contributed by atoms with E-state index >= 15 is 0 Å². The Morgan fingerprint density at radius 2 is 1.84 bits per heavy atom. The van der Waals surface area contributed by atoms with Crippen molar-refractivity contribution < 1.29 is 0 Å². The van der Waals surface area contributed by atoms with Crippen LogP contribution in [0.5, 0.6) is 0 Å². The van der Waals surface area contributed by atoms with Crippen LogP contribution in [0.3, 0.4) is 0 Å². The molecular weight excluding hydrogens is 248 g/mol. The first-order chi connectivity index (χ1) is 9.13. The number of aryl methyl sites for hydroxylation is 2. The van der Waals surface area contributed by atoms with Crippen molar-refractivity contribution in [3.8, 4) is 11.5 Å². The second kappa shape index (κ2) is 6.21. The molecule has 1 heterocycles. The van der Waals surface area contributed by atoms with Crippen LogP contribution in [0.2, 0.25) is 0 Å². The van der Waals surface area contributed by atoms with Crippen LogP contribution in [0.1, 0.15) is 22.3 Å². The summed E-state index contributed by atoms with van der Waals surface area (Å²) >= 11 is 0. The first-order valence-electron chi connectivity index (χ1n) is 6.15. The number of nitrogens with zero attached hydrogens (tertiary/aromatic N) is 1. The lowest BCUT2D eigenvalue weighted by molar-refractivity contribution is 1.29. The van der Waals surface area contributed by atoms with Crippen LogP contribution < -0.4 is 5.73 Å². The predicted octanol–water partition coefficient (Wildman–Crippen LogP) is 2.49. The summed E-state index contributed by atoms with van der Waals surface area (Å²) in [5.41, 5.74) is 14.4. The maximum Gasteiger partial charge on any atom is 0.153 e. The molecule has 1 aromatic heterocycles. The minimum Gasteiger partial charge on any atom is -0.397 e. The zero-order chi connectivity index (χ0) is 13.7. The van der Waals surface area contributed by atoms with E-state index in [0.29, 0.717) is 15.2 Å². The number of aromatic nitrogens is 1. The molecule has 1 aromatic carbocycles. The second-order valence-corrected chi connectivity index (χ2v) is 5.56. The Kier molecular flexibility index (Phi) is 4.38. The molecule has 94 valence electrons. The second-order valence-electron chi connectivity index (χ2n) is 4.61. The Morgan fingerprint density at radius 3 is 2.53 bits per heavy atom. The fraction of sp³-hybridized carbons (Fsp3) is 0.188. The van der Waals surface area contributed by atoms with Gasteiger partial charge >= 0.3 is 0 Å². The van der Waals surface area contributed by atoms with E-state index in [-0.39, 0.29) is 0 Å². The zero-order valence-corrected chi connectivity index (χ0v) is 12.2. The van der Waals surface area contributed by atoms with E-state index in [1.54, 1.807) is 12.4 Å². The van der Waals surface area contributed by atoms with E-state index in [0.717, 1.165) is 11.6 Å². The summed E-state index contributed by atoms with van der Waals surface area (Å²) in [7, 11) is 0.595. The zero-order valence-electron chi connectivity index (χ0n) is 11.2. The Balaban J connectivity index is 1.97. The van der Waals surface area contributed by atoms with E-state index in [1.165, 1.54) is 16.7 Å². The summed E-state index contributed by atoms with van der Waals surface area (Å²) in [4.78, 5) is 4.02. The molecule has 0 saturated heterocycles. The molecule has 3 heteroatoms. The van der Waals surface area contributed by atoms with Crippen molar-refractivity contribution in [2.45, 2.75) is 19.9 Å². The van der Waals surface area contributed by atoms with Crippen LogP contribution in [0.15, 0.2) is 36.7 Å². The Labute approximate surface area is 116 Å². The number of anilines is 1. The van der Waals surface area contributed by atoms with Gasteiger partial charge in [0, 0.05) is 18.0 Å². The highest BCUT2D eigenvalue weighted by molar-refractivity contribution is 6.45. The van der Waals surface area contributed by atoms with Gasteiger partial charge in [0.2, 0.25) is 0 Å². The van der Waals surface area contributed by atoms with Crippen molar-refractivity contribution in [3.63, 3.8) is 0 Å². The molecule has 0 bridgehead atoms. The van der Waals surface area contributed by atoms with Gasteiger partial charge in [-0.25, -0.2) is 0 Å². The number of benzene rings is 1. The normalized spacial score (nSPS) is 9.79. The van der Waals surface area contributed by atoms with Crippen molar-refractivity contribution in [2.24, 2.45) is 0 Å². The summed E-state index contributed by atoms with van der Waals surface area (Å²) in [6.07, 6.45) is 3.37. The highest BCUT2D eigenvalue weighted by Crippen LogP contribution is 2.08. The molecule has 2 radical (unpaired) electrons. The summed E-state index contributed by atoms with van der Waals surface area (Å²) in [6.45, 7) is 4.26. The minimum absolute atomic E-state index is 0.595. The molecule has 0 amide bonds. The minimum atomic E-state index is 0.595. The summed E-state index contributed by atoms with van der Waals surface area (Å²) in [5.74, 6) is 3.10. The van der Waals surface area contributed by atoms with Gasteiger partial charge in [-0.05, 0) is 31.5 Å². The van der Waals surface area contributed by atoms with Crippen LogP contribution in [0, 0.1) is 25.3 Å². The first kappa shape index (κ1) is 13.4. The van der Waals surface area contributed by atoms with Gasteiger partial charge in [-0.2, -0.15) is 0 Å². The molecule has 0 saturated carbocycles. The molecule has 0 aliphatic heterocycles. The van der Waals surface area contributed by atoms with Crippen molar-refractivity contribution in [2.75, 3.05) is 5.73 Å². The number of rotatable bonds is 2. The number of pyridine rings is 1. The van der Waals surface area contributed by atoms with Crippen LogP contribution in [0.4, 0.5) is 5.69 Å². The van der Waals surface area contributed by atoms with Gasteiger partial charge in [-0.15, -0.1) is 5.54 Å². The first-order valence-corrected chi connectivity index (χ1v) is 7.36. The van der Waals surface area contributed by atoms with Crippen molar-refractivity contribution in [3.05, 3.63) is 58.9 Å². The molecular formula is C16H16N2Si. The molecule has 2 rings (SSSR count). The smallest absolute Gasteiger partial charge is 0.153 e. The fourth-order valence-electron chi connectivity index (χ4n) is 1.96. The van der Waals surface area contributed by atoms with E-state index < -0.39 is 0 Å². The molecule has 2 N–H and O–H groups in total. The summed E-state index contributed by atoms with van der Waals surface area (Å²) in [6, 6.07) is 9.50. The average molecular weight is 264 g/mol. The third-order valence-corrected chi connectivity index (χ3v) is 3.52. The van der Waals surface area contributed by atoms with Crippen LogP contribution >= 0.6 is 0 Å². The lowest BCUT2D eigenvalue weighted by Crippen LogP contribution is -1.95. The number of nitrogen functional groups attached to an aromatic ring is 1. The fourth-order valence-corrected chi connectivity index (χ4v) is 2.69. The van der Waals surface area contributed by atoms with E-state index in [1.807, 2.05) is 6.07 Å². The third-order valence-electron chi connectivity index (χ3n) is 2.63. The Bertz CT molecular complexity index is 618. The van der Waals surface area contributed by atoms with Crippen LogP contribution in [-0.4, -0.2) is 14.5 Å². The van der Waals surface area contributed by atoms with Gasteiger partial charge in [0.25, 0.3) is 0 Å². The number of hydrogen-bond donors (Lipinski definition) is 1. The Morgan fingerprint density at radius 1 is 1.11 bits per heavy atom. The van der Waals surface area contributed by atoms with Gasteiger partial charge in [-0.3, -0.25) is 4.98 Å². The van der Waals surface area contributed by atoms with Gasteiger partial charge < -0.3 is 5.73 Å². The molecule has 0 aliphatic carbocycles. The summed E-state index contributed by atoms with van der Waals surface area (Å²) in [5, 5.41) is 0. The highest BCUT2D eigenvalue weighted by Gasteiger charge is 1.96.